The van der Waals surface area contributed by atoms with Crippen LogP contribution in [0.15, 0.2) is 60.7 Å². The van der Waals surface area contributed by atoms with Crippen LogP contribution in [0.1, 0.15) is 17.5 Å². The number of benzene rings is 3. The van der Waals surface area contributed by atoms with Crippen LogP contribution in [0.2, 0.25) is 5.02 Å². The molecule has 0 amide bonds. The van der Waals surface area contributed by atoms with Crippen molar-refractivity contribution in [1.82, 2.24) is 10.6 Å². The van der Waals surface area contributed by atoms with Gasteiger partial charge in [0.1, 0.15) is 12.4 Å². The van der Waals surface area contributed by atoms with Crippen molar-refractivity contribution in [3.8, 4) is 5.75 Å². The lowest BCUT2D eigenvalue weighted by molar-refractivity contribution is 0.292. The van der Waals surface area contributed by atoms with Gasteiger partial charge in [-0.3, -0.25) is 0 Å². The molecule has 0 aliphatic rings. The molecular formula is C23H29Cl3N2O2. The van der Waals surface area contributed by atoms with E-state index in [0.717, 1.165) is 48.0 Å². The first-order valence-electron chi connectivity index (χ1n) is 9.68. The molecule has 0 aromatic heterocycles. The molecule has 0 saturated carbocycles. The van der Waals surface area contributed by atoms with Gasteiger partial charge >= 0.3 is 0 Å². The van der Waals surface area contributed by atoms with E-state index in [0.29, 0.717) is 13.2 Å². The van der Waals surface area contributed by atoms with Crippen molar-refractivity contribution in [2.24, 2.45) is 0 Å². The number of hydrogen-bond acceptors (Lipinski definition) is 4. The Morgan fingerprint density at radius 1 is 0.833 bits per heavy atom. The Morgan fingerprint density at radius 3 is 2.37 bits per heavy atom. The van der Waals surface area contributed by atoms with Crippen molar-refractivity contribution in [2.75, 3.05) is 26.2 Å². The summed E-state index contributed by atoms with van der Waals surface area (Å²) >= 11 is 6.27. The molecule has 164 valence electrons. The highest BCUT2D eigenvalue weighted by Gasteiger charge is 2.10. The molecule has 4 nitrogen and oxygen atoms in total. The van der Waals surface area contributed by atoms with Crippen molar-refractivity contribution in [3.05, 3.63) is 76.8 Å². The number of aliphatic hydroxyl groups excluding tert-OH is 1. The van der Waals surface area contributed by atoms with Crippen molar-refractivity contribution in [2.45, 2.75) is 19.6 Å². The molecule has 3 N–H and O–H groups in total. The summed E-state index contributed by atoms with van der Waals surface area (Å²) in [5.41, 5.74) is 2.14. The highest BCUT2D eigenvalue weighted by molar-refractivity contribution is 6.31. The molecule has 30 heavy (non-hydrogen) atoms. The van der Waals surface area contributed by atoms with E-state index in [-0.39, 0.29) is 31.4 Å². The van der Waals surface area contributed by atoms with Crippen LogP contribution < -0.4 is 15.4 Å². The standard InChI is InChI=1S/C23H27ClN2O2.2ClH/c24-22-9-4-2-7-19(22)17-28-23-11-10-18-6-1-3-8-20(18)21(23)16-26-13-5-12-25-14-15-27;;/h1-4,6-11,25-27H,5,12-17H2;2*1H. The Balaban J connectivity index is 0.00000225. The van der Waals surface area contributed by atoms with Gasteiger partial charge in [-0.05, 0) is 42.4 Å². The summed E-state index contributed by atoms with van der Waals surface area (Å²) in [6.07, 6.45) is 1.00. The summed E-state index contributed by atoms with van der Waals surface area (Å²) in [6, 6.07) is 20.3. The second-order valence-electron chi connectivity index (χ2n) is 6.65. The van der Waals surface area contributed by atoms with Gasteiger partial charge in [-0.15, -0.1) is 24.8 Å². The second kappa shape index (κ2) is 14.5. The highest BCUT2D eigenvalue weighted by atomic mass is 35.5. The third-order valence-electron chi connectivity index (χ3n) is 4.64. The monoisotopic (exact) mass is 470 g/mol. The lowest BCUT2D eigenvalue weighted by Gasteiger charge is -2.16. The summed E-state index contributed by atoms with van der Waals surface area (Å²) < 4.78 is 6.16. The van der Waals surface area contributed by atoms with Crippen LogP contribution in [-0.2, 0) is 13.2 Å². The number of rotatable bonds is 11. The van der Waals surface area contributed by atoms with Gasteiger partial charge < -0.3 is 20.5 Å². The fourth-order valence-corrected chi connectivity index (χ4v) is 3.35. The van der Waals surface area contributed by atoms with E-state index in [1.807, 2.05) is 30.3 Å². The molecule has 3 rings (SSSR count). The molecule has 0 radical (unpaired) electrons. The Morgan fingerprint density at radius 2 is 1.57 bits per heavy atom. The maximum absolute atomic E-state index is 8.80. The molecule has 0 heterocycles. The van der Waals surface area contributed by atoms with E-state index in [1.54, 1.807) is 0 Å². The Kier molecular flexibility index (Phi) is 12.8. The largest absolute Gasteiger partial charge is 0.488 e. The predicted octanol–water partition coefficient (Wildman–Crippen LogP) is 4.98. The molecule has 0 aliphatic heterocycles. The Labute approximate surface area is 195 Å². The van der Waals surface area contributed by atoms with Gasteiger partial charge in [0.25, 0.3) is 0 Å². The van der Waals surface area contributed by atoms with Crippen LogP contribution in [0.4, 0.5) is 0 Å². The third kappa shape index (κ3) is 7.62. The van der Waals surface area contributed by atoms with Crippen molar-refractivity contribution in [3.63, 3.8) is 0 Å². The van der Waals surface area contributed by atoms with E-state index in [2.05, 4.69) is 41.0 Å². The summed E-state index contributed by atoms with van der Waals surface area (Å²) in [6.45, 7) is 3.78. The molecule has 0 fully saturated rings. The summed E-state index contributed by atoms with van der Waals surface area (Å²) in [7, 11) is 0. The molecule has 0 saturated heterocycles. The lowest BCUT2D eigenvalue weighted by atomic mass is 10.0. The third-order valence-corrected chi connectivity index (χ3v) is 5.00. The van der Waals surface area contributed by atoms with E-state index >= 15 is 0 Å². The average Bonchev–Trinajstić information content (AvgIpc) is 2.73. The number of halogens is 3. The van der Waals surface area contributed by atoms with Gasteiger partial charge in [-0.1, -0.05) is 60.1 Å². The summed E-state index contributed by atoms with van der Waals surface area (Å²) in [5, 5.41) is 18.6. The smallest absolute Gasteiger partial charge is 0.124 e. The van der Waals surface area contributed by atoms with Gasteiger partial charge in [0, 0.05) is 29.2 Å². The molecule has 0 unspecified atom stereocenters. The molecule has 0 bridgehead atoms. The van der Waals surface area contributed by atoms with Crippen LogP contribution in [0, 0.1) is 0 Å². The fraction of sp³-hybridized carbons (Fsp3) is 0.304. The molecule has 0 atom stereocenters. The normalized spacial score (nSPS) is 10.3. The lowest BCUT2D eigenvalue weighted by Crippen LogP contribution is -2.24. The molecule has 3 aromatic carbocycles. The number of ether oxygens (including phenoxy) is 1. The zero-order valence-corrected chi connectivity index (χ0v) is 19.2. The zero-order valence-electron chi connectivity index (χ0n) is 16.8. The van der Waals surface area contributed by atoms with E-state index in [4.69, 9.17) is 21.4 Å². The first kappa shape index (κ1) is 26.5. The zero-order chi connectivity index (χ0) is 19.6. The summed E-state index contributed by atoms with van der Waals surface area (Å²) in [5.74, 6) is 0.879. The van der Waals surface area contributed by atoms with Crippen LogP contribution in [0.3, 0.4) is 0 Å². The predicted molar refractivity (Wildman–Crippen MR) is 131 cm³/mol. The summed E-state index contributed by atoms with van der Waals surface area (Å²) in [4.78, 5) is 0. The maximum atomic E-state index is 8.80. The molecule has 3 aromatic rings. The average molecular weight is 472 g/mol. The van der Waals surface area contributed by atoms with Crippen LogP contribution in [0.25, 0.3) is 10.8 Å². The van der Waals surface area contributed by atoms with Crippen molar-refractivity contribution >= 4 is 47.2 Å². The molecule has 0 aliphatic carbocycles. The Bertz CT molecular complexity index is 893. The van der Waals surface area contributed by atoms with Crippen LogP contribution >= 0.6 is 36.4 Å². The first-order valence-corrected chi connectivity index (χ1v) is 10.1. The maximum Gasteiger partial charge on any atom is 0.124 e. The van der Waals surface area contributed by atoms with Gasteiger partial charge in [-0.25, -0.2) is 0 Å². The topological polar surface area (TPSA) is 53.5 Å². The minimum absolute atomic E-state index is 0. The van der Waals surface area contributed by atoms with Gasteiger partial charge in [-0.2, -0.15) is 0 Å². The van der Waals surface area contributed by atoms with Crippen molar-refractivity contribution in [1.29, 1.82) is 0 Å². The fourth-order valence-electron chi connectivity index (χ4n) is 3.16. The van der Waals surface area contributed by atoms with E-state index < -0.39 is 0 Å². The van der Waals surface area contributed by atoms with Crippen LogP contribution in [0.5, 0.6) is 5.75 Å². The highest BCUT2D eigenvalue weighted by Crippen LogP contribution is 2.29. The number of nitrogens with one attached hydrogen (secondary N) is 2. The van der Waals surface area contributed by atoms with Gasteiger partial charge in [0.15, 0.2) is 0 Å². The Hall–Kier alpha value is -1.53. The quantitative estimate of drug-likeness (QED) is 0.345. The number of hydrogen-bond donors (Lipinski definition) is 3. The SMILES string of the molecule is Cl.Cl.OCCNCCCNCc1c(OCc2ccccc2Cl)ccc2ccccc12. The molecule has 0 spiro atoms. The van der Waals surface area contributed by atoms with E-state index in [1.165, 1.54) is 10.8 Å². The second-order valence-corrected chi connectivity index (χ2v) is 7.05. The van der Waals surface area contributed by atoms with Gasteiger partial charge in [0.05, 0.1) is 6.61 Å². The molecule has 7 heteroatoms. The van der Waals surface area contributed by atoms with Crippen LogP contribution in [-0.4, -0.2) is 31.3 Å². The molecular weight excluding hydrogens is 443 g/mol. The number of aliphatic hydroxyl groups is 1. The minimum atomic E-state index is 0. The number of fused-ring (bicyclic) bond motifs is 1. The minimum Gasteiger partial charge on any atom is -0.488 e. The van der Waals surface area contributed by atoms with E-state index in [9.17, 15) is 0 Å². The first-order chi connectivity index (χ1) is 13.8. The van der Waals surface area contributed by atoms with Gasteiger partial charge in [0.2, 0.25) is 0 Å². The van der Waals surface area contributed by atoms with Crippen molar-refractivity contribution < 1.29 is 9.84 Å².